The van der Waals surface area contributed by atoms with Crippen molar-refractivity contribution >= 4 is 11.9 Å². The van der Waals surface area contributed by atoms with Gasteiger partial charge >= 0.3 is 5.97 Å². The minimum atomic E-state index is -0.942. The summed E-state index contributed by atoms with van der Waals surface area (Å²) >= 11 is 0. The van der Waals surface area contributed by atoms with Gasteiger partial charge in [0.05, 0.1) is 19.3 Å². The third-order valence-electron chi connectivity index (χ3n) is 3.86. The Hall–Kier alpha value is -1.92. The Morgan fingerprint density at radius 3 is 2.81 bits per heavy atom. The first-order valence-electron chi connectivity index (χ1n) is 6.99. The molecule has 3 rings (SSSR count). The number of carbonyl (C=O) groups is 2. The van der Waals surface area contributed by atoms with Crippen LogP contribution in [0, 0.1) is 0 Å². The summed E-state index contributed by atoms with van der Waals surface area (Å²) < 4.78 is 10.7. The van der Waals surface area contributed by atoms with Gasteiger partial charge in [-0.1, -0.05) is 6.07 Å². The molecule has 0 bridgehead atoms. The molecule has 2 unspecified atom stereocenters. The Labute approximate surface area is 122 Å². The van der Waals surface area contributed by atoms with E-state index >= 15 is 0 Å². The first-order chi connectivity index (χ1) is 10.1. The normalized spacial score (nSPS) is 23.8. The van der Waals surface area contributed by atoms with Gasteiger partial charge in [-0.15, -0.1) is 0 Å². The highest BCUT2D eigenvalue weighted by Crippen LogP contribution is 2.21. The number of fused-ring (bicyclic) bond motifs is 1. The minimum absolute atomic E-state index is 0.174. The molecule has 1 aromatic carbocycles. The van der Waals surface area contributed by atoms with Crippen molar-refractivity contribution in [2.75, 3.05) is 6.54 Å². The van der Waals surface area contributed by atoms with Gasteiger partial charge in [-0.25, -0.2) is 4.79 Å². The molecule has 0 aromatic heterocycles. The first kappa shape index (κ1) is 14.0. The lowest BCUT2D eigenvalue weighted by Crippen LogP contribution is -2.33. The number of carboxylic acids is 1. The lowest BCUT2D eigenvalue weighted by molar-refractivity contribution is -0.149. The predicted molar refractivity (Wildman–Crippen MR) is 72.8 cm³/mol. The number of aliphatic carboxylic acids is 1. The molecule has 2 aliphatic heterocycles. The molecular formula is C15H17NO5. The highest BCUT2D eigenvalue weighted by Gasteiger charge is 2.30. The fourth-order valence-corrected chi connectivity index (χ4v) is 2.66. The first-order valence-corrected chi connectivity index (χ1v) is 6.99. The van der Waals surface area contributed by atoms with Crippen molar-refractivity contribution in [3.05, 3.63) is 34.9 Å². The second-order valence-corrected chi connectivity index (χ2v) is 5.35. The quantitative estimate of drug-likeness (QED) is 0.867. The molecule has 0 aliphatic carbocycles. The molecule has 1 saturated heterocycles. The van der Waals surface area contributed by atoms with Gasteiger partial charge in [-0.05, 0) is 36.1 Å². The highest BCUT2D eigenvalue weighted by molar-refractivity contribution is 5.94. The van der Waals surface area contributed by atoms with E-state index < -0.39 is 12.1 Å². The smallest absolute Gasteiger partial charge is 0.332 e. The third kappa shape index (κ3) is 3.06. The number of hydrogen-bond donors (Lipinski definition) is 2. The van der Waals surface area contributed by atoms with Crippen LogP contribution in [0.25, 0.3) is 0 Å². The summed E-state index contributed by atoms with van der Waals surface area (Å²) in [7, 11) is 0. The van der Waals surface area contributed by atoms with E-state index in [0.29, 0.717) is 38.2 Å². The maximum atomic E-state index is 12.1. The van der Waals surface area contributed by atoms with Crippen molar-refractivity contribution in [2.45, 2.75) is 38.3 Å². The zero-order chi connectivity index (χ0) is 14.8. The standard InChI is InChI=1S/C15H17NO5/c17-14(9-1-2-10-7-20-8-11(10)5-9)16-6-12-3-4-13(21-12)15(18)19/h1-2,5,12-13H,3-4,6-8H2,(H,16,17)(H,18,19). The van der Waals surface area contributed by atoms with Gasteiger partial charge in [0.2, 0.25) is 0 Å². The molecule has 1 aromatic rings. The number of ether oxygens (including phenoxy) is 2. The Bertz CT molecular complexity index is 571. The van der Waals surface area contributed by atoms with E-state index in [1.54, 1.807) is 6.07 Å². The molecule has 2 aliphatic rings. The maximum absolute atomic E-state index is 12.1. The van der Waals surface area contributed by atoms with Gasteiger partial charge < -0.3 is 19.9 Å². The van der Waals surface area contributed by atoms with Gasteiger partial charge in [-0.2, -0.15) is 0 Å². The number of rotatable bonds is 4. The van der Waals surface area contributed by atoms with Crippen LogP contribution in [0.5, 0.6) is 0 Å². The van der Waals surface area contributed by atoms with Crippen LogP contribution >= 0.6 is 0 Å². The van der Waals surface area contributed by atoms with Gasteiger partial charge in [0.1, 0.15) is 0 Å². The lowest BCUT2D eigenvalue weighted by Gasteiger charge is -2.12. The molecule has 1 amide bonds. The minimum Gasteiger partial charge on any atom is -0.479 e. The molecule has 2 heterocycles. The van der Waals surface area contributed by atoms with E-state index in [-0.39, 0.29) is 12.0 Å². The summed E-state index contributed by atoms with van der Waals surface area (Å²) in [5.74, 6) is -1.12. The van der Waals surface area contributed by atoms with Crippen molar-refractivity contribution in [3.8, 4) is 0 Å². The van der Waals surface area contributed by atoms with Crippen LogP contribution in [-0.2, 0) is 27.5 Å². The molecular weight excluding hydrogens is 274 g/mol. The average Bonchev–Trinajstić information content (AvgIpc) is 3.12. The molecule has 6 heteroatoms. The number of carboxylic acid groups (broad SMARTS) is 1. The van der Waals surface area contributed by atoms with E-state index in [9.17, 15) is 9.59 Å². The molecule has 0 spiro atoms. The van der Waals surface area contributed by atoms with Crippen LogP contribution in [0.4, 0.5) is 0 Å². The van der Waals surface area contributed by atoms with Crippen LogP contribution < -0.4 is 5.32 Å². The van der Waals surface area contributed by atoms with Crippen molar-refractivity contribution in [3.63, 3.8) is 0 Å². The lowest BCUT2D eigenvalue weighted by atomic mass is 10.1. The van der Waals surface area contributed by atoms with Gasteiger partial charge in [-0.3, -0.25) is 4.79 Å². The second kappa shape index (κ2) is 5.83. The summed E-state index contributed by atoms with van der Waals surface area (Å²) in [5.41, 5.74) is 2.76. The van der Waals surface area contributed by atoms with Crippen LogP contribution in [0.3, 0.4) is 0 Å². The number of benzene rings is 1. The summed E-state index contributed by atoms with van der Waals surface area (Å²) in [5, 5.41) is 11.6. The number of hydrogen-bond acceptors (Lipinski definition) is 4. The Morgan fingerprint density at radius 1 is 1.24 bits per heavy atom. The Morgan fingerprint density at radius 2 is 2.05 bits per heavy atom. The van der Waals surface area contributed by atoms with Crippen molar-refractivity contribution in [2.24, 2.45) is 0 Å². The van der Waals surface area contributed by atoms with Crippen LogP contribution in [0.2, 0.25) is 0 Å². The van der Waals surface area contributed by atoms with E-state index in [2.05, 4.69) is 5.32 Å². The van der Waals surface area contributed by atoms with E-state index in [4.69, 9.17) is 14.6 Å². The summed E-state index contributed by atoms with van der Waals surface area (Å²) in [6.07, 6.45) is 0.165. The molecule has 2 atom stereocenters. The van der Waals surface area contributed by atoms with E-state index in [0.717, 1.165) is 11.1 Å². The van der Waals surface area contributed by atoms with Crippen LogP contribution in [-0.4, -0.2) is 35.7 Å². The fraction of sp³-hybridized carbons (Fsp3) is 0.467. The molecule has 6 nitrogen and oxygen atoms in total. The van der Waals surface area contributed by atoms with Crippen molar-refractivity contribution in [1.82, 2.24) is 5.32 Å². The summed E-state index contributed by atoms with van der Waals surface area (Å²) in [4.78, 5) is 22.9. The molecule has 1 fully saturated rings. The SMILES string of the molecule is O=C(NCC1CCC(C(=O)O)O1)c1ccc2c(c1)COC2. The highest BCUT2D eigenvalue weighted by atomic mass is 16.5. The summed E-state index contributed by atoms with van der Waals surface area (Å²) in [6, 6.07) is 5.52. The average molecular weight is 291 g/mol. The van der Waals surface area contributed by atoms with Gasteiger partial charge in [0, 0.05) is 12.1 Å². The van der Waals surface area contributed by atoms with Crippen molar-refractivity contribution in [1.29, 1.82) is 0 Å². The molecule has 112 valence electrons. The van der Waals surface area contributed by atoms with Crippen LogP contribution in [0.1, 0.15) is 34.3 Å². The largest absolute Gasteiger partial charge is 0.479 e. The number of nitrogens with one attached hydrogen (secondary N) is 1. The predicted octanol–water partition coefficient (Wildman–Crippen LogP) is 1.08. The van der Waals surface area contributed by atoms with Gasteiger partial charge in [0.25, 0.3) is 5.91 Å². The monoisotopic (exact) mass is 291 g/mol. The number of carbonyl (C=O) groups excluding carboxylic acids is 1. The summed E-state index contributed by atoms with van der Waals surface area (Å²) in [6.45, 7) is 1.47. The van der Waals surface area contributed by atoms with Gasteiger partial charge in [0.15, 0.2) is 6.10 Å². The zero-order valence-corrected chi connectivity index (χ0v) is 11.5. The van der Waals surface area contributed by atoms with E-state index in [1.807, 2.05) is 12.1 Å². The number of amides is 1. The fourth-order valence-electron chi connectivity index (χ4n) is 2.66. The van der Waals surface area contributed by atoms with E-state index in [1.165, 1.54) is 0 Å². The second-order valence-electron chi connectivity index (χ2n) is 5.35. The zero-order valence-electron chi connectivity index (χ0n) is 11.5. The van der Waals surface area contributed by atoms with Crippen molar-refractivity contribution < 1.29 is 24.2 Å². The Balaban J connectivity index is 1.54. The topological polar surface area (TPSA) is 84.9 Å². The molecule has 0 saturated carbocycles. The maximum Gasteiger partial charge on any atom is 0.332 e. The Kier molecular flexibility index (Phi) is 3.90. The van der Waals surface area contributed by atoms with Crippen LogP contribution in [0.15, 0.2) is 18.2 Å². The third-order valence-corrected chi connectivity index (χ3v) is 3.86. The molecule has 0 radical (unpaired) electrons. The molecule has 2 N–H and O–H groups in total. The molecule has 21 heavy (non-hydrogen) atoms.